The van der Waals surface area contributed by atoms with Crippen LogP contribution in [-0.4, -0.2) is 23.3 Å². The van der Waals surface area contributed by atoms with Gasteiger partial charge in [-0.2, -0.15) is 0 Å². The fourth-order valence-electron chi connectivity index (χ4n) is 1.70. The van der Waals surface area contributed by atoms with Gasteiger partial charge in [0.05, 0.1) is 10.7 Å². The van der Waals surface area contributed by atoms with E-state index in [1.165, 1.54) is 11.0 Å². The number of halogens is 3. The lowest BCUT2D eigenvalue weighted by Crippen LogP contribution is -2.26. The summed E-state index contributed by atoms with van der Waals surface area (Å²) in [7, 11) is 0. The van der Waals surface area contributed by atoms with Crippen LogP contribution >= 0.6 is 27.5 Å². The van der Waals surface area contributed by atoms with Crippen molar-refractivity contribution in [3.8, 4) is 0 Å². The van der Waals surface area contributed by atoms with Gasteiger partial charge >= 0.3 is 0 Å². The summed E-state index contributed by atoms with van der Waals surface area (Å²) in [4.78, 5) is 17.2. The van der Waals surface area contributed by atoms with E-state index in [-0.39, 0.29) is 11.8 Å². The predicted octanol–water partition coefficient (Wildman–Crippen LogP) is 2.57. The highest BCUT2D eigenvalue weighted by Gasteiger charge is 2.31. The third-order valence-corrected chi connectivity index (χ3v) is 3.49. The van der Waals surface area contributed by atoms with Gasteiger partial charge in [0.2, 0.25) is 5.91 Å². The van der Waals surface area contributed by atoms with Crippen LogP contribution in [0.2, 0.25) is 0 Å². The van der Waals surface area contributed by atoms with Crippen molar-refractivity contribution in [3.05, 3.63) is 22.6 Å². The standard InChI is InChI=1S/C10H9BrClFN2O/c11-8-2-7(13)4-14-10(8)15-5-6(3-12)1-9(15)16/h2,4,6H,1,3,5H2. The molecule has 1 fully saturated rings. The maximum absolute atomic E-state index is 12.9. The highest BCUT2D eigenvalue weighted by molar-refractivity contribution is 9.10. The van der Waals surface area contributed by atoms with E-state index < -0.39 is 5.82 Å². The molecule has 1 aromatic rings. The number of pyridine rings is 1. The van der Waals surface area contributed by atoms with E-state index in [9.17, 15) is 9.18 Å². The van der Waals surface area contributed by atoms with Crippen molar-refractivity contribution in [2.75, 3.05) is 17.3 Å². The lowest BCUT2D eigenvalue weighted by molar-refractivity contribution is -0.117. The van der Waals surface area contributed by atoms with Crippen molar-refractivity contribution in [3.63, 3.8) is 0 Å². The summed E-state index contributed by atoms with van der Waals surface area (Å²) >= 11 is 8.92. The number of carbonyl (C=O) groups excluding carboxylic acids is 1. The molecule has 1 aliphatic rings. The summed E-state index contributed by atoms with van der Waals surface area (Å²) in [6.07, 6.45) is 1.52. The van der Waals surface area contributed by atoms with Gasteiger partial charge in [0.25, 0.3) is 0 Å². The molecule has 86 valence electrons. The molecule has 2 rings (SSSR count). The van der Waals surface area contributed by atoms with Crippen LogP contribution in [0, 0.1) is 11.7 Å². The highest BCUT2D eigenvalue weighted by Crippen LogP contribution is 2.30. The van der Waals surface area contributed by atoms with Crippen LogP contribution in [0.4, 0.5) is 10.2 Å². The van der Waals surface area contributed by atoms with E-state index in [2.05, 4.69) is 20.9 Å². The van der Waals surface area contributed by atoms with Crippen LogP contribution in [0.25, 0.3) is 0 Å². The maximum Gasteiger partial charge on any atom is 0.228 e. The van der Waals surface area contributed by atoms with Gasteiger partial charge in [-0.25, -0.2) is 9.37 Å². The second-order valence-corrected chi connectivity index (χ2v) is 4.85. The molecule has 0 aromatic carbocycles. The molecule has 0 spiro atoms. The Bertz CT molecular complexity index is 429. The molecule has 0 radical (unpaired) electrons. The smallest absolute Gasteiger partial charge is 0.228 e. The lowest BCUT2D eigenvalue weighted by atomic mass is 10.1. The molecule has 16 heavy (non-hydrogen) atoms. The number of carbonyl (C=O) groups is 1. The molecular formula is C10H9BrClFN2O. The van der Waals surface area contributed by atoms with E-state index in [1.54, 1.807) is 0 Å². The van der Waals surface area contributed by atoms with Crippen LogP contribution in [0.3, 0.4) is 0 Å². The third-order valence-electron chi connectivity index (χ3n) is 2.47. The minimum atomic E-state index is -0.434. The molecule has 1 atom stereocenters. The minimum Gasteiger partial charge on any atom is -0.296 e. The summed E-state index contributed by atoms with van der Waals surface area (Å²) in [5, 5.41) is 0. The fourth-order valence-corrected chi connectivity index (χ4v) is 2.44. The van der Waals surface area contributed by atoms with Crippen molar-refractivity contribution in [2.45, 2.75) is 6.42 Å². The Kier molecular flexibility index (Phi) is 3.44. The summed E-state index contributed by atoms with van der Waals surface area (Å²) < 4.78 is 13.3. The first-order valence-corrected chi connectivity index (χ1v) is 6.12. The Labute approximate surface area is 106 Å². The van der Waals surface area contributed by atoms with Crippen molar-refractivity contribution in [1.82, 2.24) is 4.98 Å². The molecule has 0 aliphatic carbocycles. The largest absolute Gasteiger partial charge is 0.296 e. The number of hydrogen-bond acceptors (Lipinski definition) is 2. The first-order valence-electron chi connectivity index (χ1n) is 4.79. The molecule has 1 amide bonds. The summed E-state index contributed by atoms with van der Waals surface area (Å²) in [5.41, 5.74) is 0. The van der Waals surface area contributed by atoms with Crippen molar-refractivity contribution >= 4 is 39.3 Å². The topological polar surface area (TPSA) is 33.2 Å². The Morgan fingerprint density at radius 3 is 3.00 bits per heavy atom. The van der Waals surface area contributed by atoms with Gasteiger partial charge in [-0.05, 0) is 27.9 Å². The first-order chi connectivity index (χ1) is 7.61. The molecule has 0 bridgehead atoms. The molecule has 0 saturated carbocycles. The first kappa shape index (κ1) is 11.8. The molecule has 3 nitrogen and oxygen atoms in total. The van der Waals surface area contributed by atoms with Gasteiger partial charge in [-0.15, -0.1) is 11.6 Å². The lowest BCUT2D eigenvalue weighted by Gasteiger charge is -2.16. The van der Waals surface area contributed by atoms with E-state index in [0.717, 1.165) is 6.20 Å². The van der Waals surface area contributed by atoms with Gasteiger partial charge in [-0.1, -0.05) is 0 Å². The second kappa shape index (κ2) is 4.67. The van der Waals surface area contributed by atoms with Gasteiger partial charge in [-0.3, -0.25) is 9.69 Å². The van der Waals surface area contributed by atoms with Crippen LogP contribution in [0.5, 0.6) is 0 Å². The van der Waals surface area contributed by atoms with E-state index in [0.29, 0.717) is 29.1 Å². The van der Waals surface area contributed by atoms with Crippen LogP contribution in [0.15, 0.2) is 16.7 Å². The summed E-state index contributed by atoms with van der Waals surface area (Å²) in [5.74, 6) is 0.592. The Hall–Kier alpha value is -0.680. The third kappa shape index (κ3) is 2.20. The molecule has 2 heterocycles. The molecule has 1 saturated heterocycles. The Morgan fingerprint density at radius 2 is 2.44 bits per heavy atom. The van der Waals surface area contributed by atoms with Gasteiger partial charge in [0, 0.05) is 18.8 Å². The number of alkyl halides is 1. The summed E-state index contributed by atoms with van der Waals surface area (Å²) in [6, 6.07) is 1.30. The van der Waals surface area contributed by atoms with Crippen molar-refractivity contribution in [1.29, 1.82) is 0 Å². The quantitative estimate of drug-likeness (QED) is 0.787. The zero-order valence-corrected chi connectivity index (χ0v) is 10.6. The SMILES string of the molecule is O=C1CC(CCl)CN1c1ncc(F)cc1Br. The van der Waals surface area contributed by atoms with Gasteiger partial charge in [0.1, 0.15) is 11.6 Å². The van der Waals surface area contributed by atoms with Crippen LogP contribution in [0.1, 0.15) is 6.42 Å². The number of nitrogens with zero attached hydrogens (tertiary/aromatic N) is 2. The predicted molar refractivity (Wildman–Crippen MR) is 63.1 cm³/mol. The zero-order valence-electron chi connectivity index (χ0n) is 8.29. The average molecular weight is 308 g/mol. The van der Waals surface area contributed by atoms with Gasteiger partial charge in [0.15, 0.2) is 0 Å². The van der Waals surface area contributed by atoms with E-state index in [1.807, 2.05) is 0 Å². The van der Waals surface area contributed by atoms with E-state index in [4.69, 9.17) is 11.6 Å². The van der Waals surface area contributed by atoms with Crippen LogP contribution < -0.4 is 4.90 Å². The van der Waals surface area contributed by atoms with E-state index >= 15 is 0 Å². The molecule has 1 unspecified atom stereocenters. The van der Waals surface area contributed by atoms with Crippen LogP contribution in [-0.2, 0) is 4.79 Å². The number of amides is 1. The Balaban J connectivity index is 2.28. The molecular weight excluding hydrogens is 298 g/mol. The monoisotopic (exact) mass is 306 g/mol. The normalized spacial score (nSPS) is 20.6. The number of aromatic nitrogens is 1. The molecule has 0 N–H and O–H groups in total. The zero-order chi connectivity index (χ0) is 11.7. The fraction of sp³-hybridized carbons (Fsp3) is 0.400. The molecule has 6 heteroatoms. The molecule has 1 aliphatic heterocycles. The number of rotatable bonds is 2. The van der Waals surface area contributed by atoms with Crippen molar-refractivity contribution in [2.24, 2.45) is 5.92 Å². The van der Waals surface area contributed by atoms with Gasteiger partial charge < -0.3 is 0 Å². The summed E-state index contributed by atoms with van der Waals surface area (Å²) in [6.45, 7) is 0.541. The van der Waals surface area contributed by atoms with Crippen molar-refractivity contribution < 1.29 is 9.18 Å². The Morgan fingerprint density at radius 1 is 1.69 bits per heavy atom. The minimum absolute atomic E-state index is 0.0227. The average Bonchev–Trinajstić information content (AvgIpc) is 2.60. The number of anilines is 1. The second-order valence-electron chi connectivity index (χ2n) is 3.69. The maximum atomic E-state index is 12.9. The number of hydrogen-bond donors (Lipinski definition) is 0. The highest BCUT2D eigenvalue weighted by atomic mass is 79.9. The molecule has 1 aromatic heterocycles.